The van der Waals surface area contributed by atoms with Crippen LogP contribution in [0.2, 0.25) is 15.1 Å². The number of allylic oxidation sites excluding steroid dienone is 1. The predicted octanol–water partition coefficient (Wildman–Crippen LogP) is 5.58. The van der Waals surface area contributed by atoms with E-state index in [0.717, 1.165) is 24.1 Å². The summed E-state index contributed by atoms with van der Waals surface area (Å²) in [6.07, 6.45) is 2.99. The van der Waals surface area contributed by atoms with Crippen LogP contribution in [0.25, 0.3) is 5.57 Å². The molecule has 2 aliphatic rings. The molecule has 0 aromatic heterocycles. The fourth-order valence-corrected chi connectivity index (χ4v) is 4.53. The fraction of sp³-hybridized carbons (Fsp3) is 0.250. The van der Waals surface area contributed by atoms with Gasteiger partial charge in [0, 0.05) is 27.5 Å². The van der Waals surface area contributed by atoms with Crippen LogP contribution in [0.1, 0.15) is 23.5 Å². The number of benzene rings is 2. The van der Waals surface area contributed by atoms with E-state index in [1.807, 2.05) is 24.3 Å². The number of carbonyl (C=O) groups excluding carboxylic acids is 1. The van der Waals surface area contributed by atoms with Gasteiger partial charge in [0.25, 0.3) is 0 Å². The molecule has 0 saturated carbocycles. The average Bonchev–Trinajstić information content (AvgIpc) is 2.95. The minimum atomic E-state index is -0.0923. The maximum Gasteiger partial charge on any atom is 0.227 e. The SMILES string of the molecule is O=C1NC[C@H]2C[C@H](c3ccc(Cl)cc3)C(c3ccc(Cl)cc3Cl)=C[C@@H]12. The van der Waals surface area contributed by atoms with Gasteiger partial charge in [-0.3, -0.25) is 4.79 Å². The van der Waals surface area contributed by atoms with Crippen molar-refractivity contribution in [3.63, 3.8) is 0 Å². The Morgan fingerprint density at radius 3 is 2.40 bits per heavy atom. The highest BCUT2D eigenvalue weighted by molar-refractivity contribution is 6.35. The quantitative estimate of drug-likeness (QED) is 0.710. The van der Waals surface area contributed by atoms with Crippen molar-refractivity contribution >= 4 is 46.3 Å². The van der Waals surface area contributed by atoms with Crippen LogP contribution in [-0.2, 0) is 4.79 Å². The molecule has 2 aromatic carbocycles. The Morgan fingerprint density at radius 1 is 0.960 bits per heavy atom. The van der Waals surface area contributed by atoms with Crippen molar-refractivity contribution in [3.05, 3.63) is 74.7 Å². The van der Waals surface area contributed by atoms with Crippen molar-refractivity contribution in [2.75, 3.05) is 6.54 Å². The molecule has 5 heteroatoms. The minimum Gasteiger partial charge on any atom is -0.355 e. The maximum atomic E-state index is 12.2. The van der Waals surface area contributed by atoms with Crippen LogP contribution < -0.4 is 5.32 Å². The number of hydrogen-bond acceptors (Lipinski definition) is 1. The van der Waals surface area contributed by atoms with Crippen molar-refractivity contribution < 1.29 is 4.79 Å². The molecule has 0 unspecified atom stereocenters. The molecule has 128 valence electrons. The van der Waals surface area contributed by atoms with Crippen molar-refractivity contribution in [3.8, 4) is 0 Å². The second kappa shape index (κ2) is 6.68. The monoisotopic (exact) mass is 391 g/mol. The number of carbonyl (C=O) groups is 1. The lowest BCUT2D eigenvalue weighted by Crippen LogP contribution is -2.23. The van der Waals surface area contributed by atoms with E-state index in [4.69, 9.17) is 34.8 Å². The molecule has 1 saturated heterocycles. The molecular formula is C20H16Cl3NO. The van der Waals surface area contributed by atoms with E-state index < -0.39 is 0 Å². The Bertz CT molecular complexity index is 860. The first kappa shape index (κ1) is 17.0. The van der Waals surface area contributed by atoms with Gasteiger partial charge in [-0.05, 0) is 53.3 Å². The Kier molecular flexibility index (Phi) is 4.53. The molecule has 0 radical (unpaired) electrons. The highest BCUT2D eigenvalue weighted by atomic mass is 35.5. The first-order valence-corrected chi connectivity index (χ1v) is 9.36. The van der Waals surface area contributed by atoms with Crippen LogP contribution in [0.4, 0.5) is 0 Å². The third-order valence-corrected chi connectivity index (χ3v) is 5.94. The Morgan fingerprint density at radius 2 is 1.68 bits per heavy atom. The number of hydrogen-bond donors (Lipinski definition) is 1. The van der Waals surface area contributed by atoms with Gasteiger partial charge in [0.05, 0.1) is 5.92 Å². The van der Waals surface area contributed by atoms with E-state index in [0.29, 0.717) is 21.0 Å². The lowest BCUT2D eigenvalue weighted by Gasteiger charge is -2.31. The van der Waals surface area contributed by atoms with Gasteiger partial charge in [-0.2, -0.15) is 0 Å². The van der Waals surface area contributed by atoms with Gasteiger partial charge in [-0.25, -0.2) is 0 Å². The van der Waals surface area contributed by atoms with E-state index in [1.165, 1.54) is 5.56 Å². The summed E-state index contributed by atoms with van der Waals surface area (Å²) in [7, 11) is 0. The molecule has 2 nitrogen and oxygen atoms in total. The van der Waals surface area contributed by atoms with E-state index in [-0.39, 0.29) is 17.7 Å². The Labute approximate surface area is 161 Å². The summed E-state index contributed by atoms with van der Waals surface area (Å²) in [4.78, 5) is 12.2. The number of nitrogens with one attached hydrogen (secondary N) is 1. The summed E-state index contributed by atoms with van der Waals surface area (Å²) in [5, 5.41) is 4.90. The van der Waals surface area contributed by atoms with Crippen LogP contribution >= 0.6 is 34.8 Å². The zero-order valence-corrected chi connectivity index (χ0v) is 15.6. The number of halogens is 3. The molecule has 1 amide bonds. The average molecular weight is 393 g/mol. The van der Waals surface area contributed by atoms with Crippen LogP contribution in [0, 0.1) is 11.8 Å². The summed E-state index contributed by atoms with van der Waals surface area (Å²) in [6.45, 7) is 0.728. The van der Waals surface area contributed by atoms with Crippen molar-refractivity contribution in [1.29, 1.82) is 0 Å². The summed E-state index contributed by atoms with van der Waals surface area (Å²) in [5.41, 5.74) is 3.20. The van der Waals surface area contributed by atoms with Crippen LogP contribution in [0.5, 0.6) is 0 Å². The topological polar surface area (TPSA) is 29.1 Å². The lowest BCUT2D eigenvalue weighted by molar-refractivity contribution is -0.121. The zero-order chi connectivity index (χ0) is 17.6. The molecule has 1 aliphatic heterocycles. The number of amides is 1. The van der Waals surface area contributed by atoms with Gasteiger partial charge >= 0.3 is 0 Å². The molecule has 4 rings (SSSR count). The molecule has 0 bridgehead atoms. The van der Waals surface area contributed by atoms with Crippen molar-refractivity contribution in [2.24, 2.45) is 11.8 Å². The van der Waals surface area contributed by atoms with Gasteiger partial charge in [0.15, 0.2) is 0 Å². The first-order valence-electron chi connectivity index (χ1n) is 8.23. The largest absolute Gasteiger partial charge is 0.355 e. The van der Waals surface area contributed by atoms with Crippen LogP contribution in [0.3, 0.4) is 0 Å². The van der Waals surface area contributed by atoms with E-state index in [2.05, 4.69) is 23.5 Å². The highest BCUT2D eigenvalue weighted by Crippen LogP contribution is 2.47. The fourth-order valence-electron chi connectivity index (χ4n) is 3.88. The molecule has 1 aliphatic carbocycles. The molecule has 0 spiro atoms. The molecule has 1 heterocycles. The number of fused-ring (bicyclic) bond motifs is 1. The maximum absolute atomic E-state index is 12.2. The molecule has 3 atom stereocenters. The summed E-state index contributed by atoms with van der Waals surface area (Å²) in [5.74, 6) is 0.486. The van der Waals surface area contributed by atoms with Crippen LogP contribution in [0.15, 0.2) is 48.5 Å². The van der Waals surface area contributed by atoms with Gasteiger partial charge < -0.3 is 5.32 Å². The minimum absolute atomic E-state index is 0.0923. The summed E-state index contributed by atoms with van der Waals surface area (Å²) in [6, 6.07) is 13.4. The Balaban J connectivity index is 1.83. The van der Waals surface area contributed by atoms with Crippen molar-refractivity contribution in [1.82, 2.24) is 5.32 Å². The number of rotatable bonds is 2. The first-order chi connectivity index (χ1) is 12.0. The molecular weight excluding hydrogens is 377 g/mol. The second-order valence-corrected chi connectivity index (χ2v) is 7.90. The smallest absolute Gasteiger partial charge is 0.227 e. The Hall–Kier alpha value is -1.48. The van der Waals surface area contributed by atoms with Gasteiger partial charge in [0.1, 0.15) is 0 Å². The summed E-state index contributed by atoms with van der Waals surface area (Å²) < 4.78 is 0. The third kappa shape index (κ3) is 3.19. The second-order valence-electron chi connectivity index (χ2n) is 6.62. The molecule has 2 aromatic rings. The standard InChI is InChI=1S/C20H16Cl3NO/c21-13-3-1-11(2-4-13)16-7-12-10-24-20(25)17(12)9-18(16)15-6-5-14(22)8-19(15)23/h1-6,8-9,12,16-17H,7,10H2,(H,24,25)/t12-,16-,17-/m1/s1. The predicted molar refractivity (Wildman–Crippen MR) is 103 cm³/mol. The molecule has 25 heavy (non-hydrogen) atoms. The normalized spacial score (nSPS) is 25.3. The molecule has 1 N–H and O–H groups in total. The van der Waals surface area contributed by atoms with Crippen molar-refractivity contribution in [2.45, 2.75) is 12.3 Å². The van der Waals surface area contributed by atoms with E-state index in [9.17, 15) is 4.79 Å². The lowest BCUT2D eigenvalue weighted by atomic mass is 9.71. The highest BCUT2D eigenvalue weighted by Gasteiger charge is 2.40. The zero-order valence-electron chi connectivity index (χ0n) is 13.3. The molecule has 1 fully saturated rings. The van der Waals surface area contributed by atoms with Gasteiger partial charge in [-0.1, -0.05) is 59.1 Å². The van der Waals surface area contributed by atoms with E-state index >= 15 is 0 Å². The van der Waals surface area contributed by atoms with E-state index in [1.54, 1.807) is 6.07 Å². The van der Waals surface area contributed by atoms with Gasteiger partial charge in [-0.15, -0.1) is 0 Å². The summed E-state index contributed by atoms with van der Waals surface area (Å²) >= 11 is 18.6. The van der Waals surface area contributed by atoms with Crippen LogP contribution in [-0.4, -0.2) is 12.5 Å². The van der Waals surface area contributed by atoms with Gasteiger partial charge in [0.2, 0.25) is 5.91 Å². The third-order valence-electron chi connectivity index (χ3n) is 5.14.